The molecule has 0 radical (unpaired) electrons. The molecule has 0 fully saturated rings. The highest BCUT2D eigenvalue weighted by molar-refractivity contribution is 5.87. The summed E-state index contributed by atoms with van der Waals surface area (Å²) in [5, 5.41) is 0. The molecular formula is C18H19NO2. The van der Waals surface area contributed by atoms with Crippen molar-refractivity contribution in [1.82, 2.24) is 4.98 Å². The van der Waals surface area contributed by atoms with Gasteiger partial charge in [0.05, 0.1) is 12.3 Å². The van der Waals surface area contributed by atoms with Crippen LogP contribution in [0.15, 0.2) is 54.7 Å². The van der Waals surface area contributed by atoms with E-state index < -0.39 is 0 Å². The number of carbonyl (C=O) groups excluding carboxylic acids is 1. The summed E-state index contributed by atoms with van der Waals surface area (Å²) >= 11 is 0. The summed E-state index contributed by atoms with van der Waals surface area (Å²) in [5.41, 5.74) is 2.95. The third-order valence-electron chi connectivity index (χ3n) is 3.03. The smallest absolute Gasteiger partial charge is 0.330 e. The third kappa shape index (κ3) is 4.88. The molecule has 0 saturated heterocycles. The molecule has 0 aliphatic carbocycles. The molecule has 108 valence electrons. The fourth-order valence-electron chi connectivity index (χ4n) is 1.83. The average Bonchev–Trinajstić information content (AvgIpc) is 2.54. The second kappa shape index (κ2) is 8.00. The van der Waals surface area contributed by atoms with E-state index in [1.54, 1.807) is 12.3 Å². The van der Waals surface area contributed by atoms with Crippen LogP contribution in [0.4, 0.5) is 0 Å². The van der Waals surface area contributed by atoms with Crippen LogP contribution in [0.1, 0.15) is 25.3 Å². The van der Waals surface area contributed by atoms with Crippen molar-refractivity contribution in [3.63, 3.8) is 0 Å². The largest absolute Gasteiger partial charge is 0.463 e. The van der Waals surface area contributed by atoms with Gasteiger partial charge in [0, 0.05) is 17.8 Å². The molecule has 0 bridgehead atoms. The van der Waals surface area contributed by atoms with Gasteiger partial charge in [0.1, 0.15) is 0 Å². The van der Waals surface area contributed by atoms with Gasteiger partial charge in [-0.25, -0.2) is 4.79 Å². The Morgan fingerprint density at radius 2 is 2.00 bits per heavy atom. The Bertz CT molecular complexity index is 588. The van der Waals surface area contributed by atoms with E-state index in [-0.39, 0.29) is 5.97 Å². The van der Waals surface area contributed by atoms with E-state index >= 15 is 0 Å². The number of aromatic nitrogens is 1. The molecule has 0 atom stereocenters. The van der Waals surface area contributed by atoms with Crippen LogP contribution >= 0.6 is 0 Å². The molecule has 0 aliphatic rings. The first-order valence-electron chi connectivity index (χ1n) is 7.16. The van der Waals surface area contributed by atoms with Gasteiger partial charge < -0.3 is 4.74 Å². The van der Waals surface area contributed by atoms with Crippen molar-refractivity contribution in [2.24, 2.45) is 0 Å². The molecule has 1 aromatic heterocycles. The van der Waals surface area contributed by atoms with Gasteiger partial charge in [-0.15, -0.1) is 0 Å². The number of hydrogen-bond donors (Lipinski definition) is 0. The second-order valence-electron chi connectivity index (χ2n) is 4.69. The third-order valence-corrected chi connectivity index (χ3v) is 3.03. The Kier molecular flexibility index (Phi) is 5.71. The maximum atomic E-state index is 11.5. The van der Waals surface area contributed by atoms with E-state index in [4.69, 9.17) is 4.74 Å². The SMILES string of the molecule is CCCCOC(=O)/C=C/c1ccc(-c2ccccn2)cc1. The zero-order valence-corrected chi connectivity index (χ0v) is 12.2. The van der Waals surface area contributed by atoms with Crippen molar-refractivity contribution in [1.29, 1.82) is 0 Å². The molecule has 1 aromatic carbocycles. The lowest BCUT2D eigenvalue weighted by molar-refractivity contribution is -0.137. The Morgan fingerprint density at radius 1 is 1.19 bits per heavy atom. The minimum absolute atomic E-state index is 0.294. The zero-order chi connectivity index (χ0) is 14.9. The van der Waals surface area contributed by atoms with Crippen LogP contribution in [0.2, 0.25) is 0 Å². The topological polar surface area (TPSA) is 39.2 Å². The zero-order valence-electron chi connectivity index (χ0n) is 12.2. The summed E-state index contributed by atoms with van der Waals surface area (Å²) in [6, 6.07) is 13.7. The summed E-state index contributed by atoms with van der Waals surface area (Å²) in [6.45, 7) is 2.55. The fraction of sp³-hybridized carbons (Fsp3) is 0.222. The number of nitrogens with zero attached hydrogens (tertiary/aromatic N) is 1. The van der Waals surface area contributed by atoms with E-state index in [0.717, 1.165) is 29.7 Å². The second-order valence-corrected chi connectivity index (χ2v) is 4.69. The standard InChI is InChI=1S/C18H19NO2/c1-2-3-14-21-18(20)12-9-15-7-10-16(11-8-15)17-6-4-5-13-19-17/h4-13H,2-3,14H2,1H3/b12-9+. The molecule has 21 heavy (non-hydrogen) atoms. The molecule has 0 N–H and O–H groups in total. The number of pyridine rings is 1. The van der Waals surface area contributed by atoms with Crippen LogP contribution in [0.25, 0.3) is 17.3 Å². The maximum Gasteiger partial charge on any atom is 0.330 e. The van der Waals surface area contributed by atoms with Crippen LogP contribution < -0.4 is 0 Å². The molecule has 2 aromatic rings. The van der Waals surface area contributed by atoms with Gasteiger partial charge in [0.15, 0.2) is 0 Å². The molecule has 0 saturated carbocycles. The van der Waals surface area contributed by atoms with E-state index in [1.807, 2.05) is 42.5 Å². The van der Waals surface area contributed by atoms with Crippen molar-refractivity contribution in [3.05, 3.63) is 60.3 Å². The predicted molar refractivity (Wildman–Crippen MR) is 84.6 cm³/mol. The van der Waals surface area contributed by atoms with E-state index in [1.165, 1.54) is 6.08 Å². The highest BCUT2D eigenvalue weighted by Crippen LogP contribution is 2.17. The van der Waals surface area contributed by atoms with Crippen molar-refractivity contribution in [2.45, 2.75) is 19.8 Å². The van der Waals surface area contributed by atoms with Gasteiger partial charge in [0.2, 0.25) is 0 Å². The van der Waals surface area contributed by atoms with Crippen LogP contribution in [0.5, 0.6) is 0 Å². The Balaban J connectivity index is 1.95. The summed E-state index contributed by atoms with van der Waals surface area (Å²) in [7, 11) is 0. The molecule has 0 aliphatic heterocycles. The van der Waals surface area contributed by atoms with Crippen molar-refractivity contribution in [3.8, 4) is 11.3 Å². The van der Waals surface area contributed by atoms with Gasteiger partial charge in [-0.1, -0.05) is 43.7 Å². The number of carbonyl (C=O) groups is 1. The number of benzene rings is 1. The Morgan fingerprint density at radius 3 is 2.67 bits per heavy atom. The van der Waals surface area contributed by atoms with E-state index in [0.29, 0.717) is 6.61 Å². The summed E-state index contributed by atoms with van der Waals surface area (Å²) in [4.78, 5) is 15.8. The summed E-state index contributed by atoms with van der Waals surface area (Å²) in [6.07, 6.45) is 6.92. The Hall–Kier alpha value is -2.42. The number of ether oxygens (including phenoxy) is 1. The quantitative estimate of drug-likeness (QED) is 0.454. The highest BCUT2D eigenvalue weighted by atomic mass is 16.5. The molecule has 3 heteroatoms. The van der Waals surface area contributed by atoms with Crippen LogP contribution in [0.3, 0.4) is 0 Å². The minimum atomic E-state index is -0.294. The molecular weight excluding hydrogens is 262 g/mol. The van der Waals surface area contributed by atoms with Gasteiger partial charge in [-0.05, 0) is 30.2 Å². The van der Waals surface area contributed by atoms with Crippen LogP contribution in [-0.2, 0) is 9.53 Å². The predicted octanol–water partition coefficient (Wildman–Crippen LogP) is 4.11. The first-order valence-corrected chi connectivity index (χ1v) is 7.16. The number of esters is 1. The summed E-state index contributed by atoms with van der Waals surface area (Å²) < 4.78 is 5.06. The minimum Gasteiger partial charge on any atom is -0.463 e. The van der Waals surface area contributed by atoms with Gasteiger partial charge in [-0.2, -0.15) is 0 Å². The first kappa shape index (κ1) is 15.0. The number of unbranched alkanes of at least 4 members (excludes halogenated alkanes) is 1. The van der Waals surface area contributed by atoms with Crippen molar-refractivity contribution in [2.75, 3.05) is 6.61 Å². The lowest BCUT2D eigenvalue weighted by Crippen LogP contribution is -2.01. The molecule has 1 heterocycles. The normalized spacial score (nSPS) is 10.7. The van der Waals surface area contributed by atoms with Gasteiger partial charge in [-0.3, -0.25) is 4.98 Å². The monoisotopic (exact) mass is 281 g/mol. The van der Waals surface area contributed by atoms with Gasteiger partial charge in [0.25, 0.3) is 0 Å². The molecule has 2 rings (SSSR count). The Labute approximate surface area is 125 Å². The molecule has 0 amide bonds. The fourth-order valence-corrected chi connectivity index (χ4v) is 1.83. The average molecular weight is 281 g/mol. The van der Waals surface area contributed by atoms with Gasteiger partial charge >= 0.3 is 5.97 Å². The lowest BCUT2D eigenvalue weighted by Gasteiger charge is -2.01. The lowest BCUT2D eigenvalue weighted by atomic mass is 10.1. The molecule has 0 unspecified atom stereocenters. The number of rotatable bonds is 6. The van der Waals surface area contributed by atoms with Crippen LogP contribution in [-0.4, -0.2) is 17.6 Å². The van der Waals surface area contributed by atoms with Crippen LogP contribution in [0, 0.1) is 0 Å². The van der Waals surface area contributed by atoms with Crippen molar-refractivity contribution < 1.29 is 9.53 Å². The van der Waals surface area contributed by atoms with E-state index in [9.17, 15) is 4.79 Å². The highest BCUT2D eigenvalue weighted by Gasteiger charge is 1.98. The molecule has 3 nitrogen and oxygen atoms in total. The first-order chi connectivity index (χ1) is 10.3. The molecule has 0 spiro atoms. The van der Waals surface area contributed by atoms with E-state index in [2.05, 4.69) is 11.9 Å². The number of hydrogen-bond acceptors (Lipinski definition) is 3. The van der Waals surface area contributed by atoms with Crippen molar-refractivity contribution >= 4 is 12.0 Å². The maximum absolute atomic E-state index is 11.5. The summed E-state index contributed by atoms with van der Waals surface area (Å²) in [5.74, 6) is -0.294.